The highest BCUT2D eigenvalue weighted by molar-refractivity contribution is 6.41. The molecule has 4 N–H and O–H groups in total. The summed E-state index contributed by atoms with van der Waals surface area (Å²) in [5.74, 6) is -1.15. The summed E-state index contributed by atoms with van der Waals surface area (Å²) < 4.78 is 0. The van der Waals surface area contributed by atoms with E-state index >= 15 is 0 Å². The van der Waals surface area contributed by atoms with Gasteiger partial charge in [0, 0.05) is 5.57 Å². The fourth-order valence-corrected chi connectivity index (χ4v) is 0.782. The molecule has 0 saturated heterocycles. The summed E-state index contributed by atoms with van der Waals surface area (Å²) in [6, 6.07) is 9.14. The van der Waals surface area contributed by atoms with Gasteiger partial charge in [0.1, 0.15) is 0 Å². The summed E-state index contributed by atoms with van der Waals surface area (Å²) >= 11 is 4.94. The second kappa shape index (κ2) is 7.24. The lowest BCUT2D eigenvalue weighted by Gasteiger charge is -1.98. The molecule has 0 spiro atoms. The number of halogens is 1. The highest BCUT2D eigenvalue weighted by Crippen LogP contribution is 2.09. The Morgan fingerprint density at radius 1 is 1.00 bits per heavy atom. The van der Waals surface area contributed by atoms with Gasteiger partial charge in [0.25, 0.3) is 5.91 Å². The standard InChI is InChI=1S/C9H9NO.C3H4ClNO/c1-7(9(10)11)8-5-3-2-4-6-8;1-2(4)3(5)6/h2-6H,1H2,(H2,10,11);1H2,(H2,5,6). The Morgan fingerprint density at radius 2 is 1.41 bits per heavy atom. The van der Waals surface area contributed by atoms with Crippen molar-refractivity contribution in [2.75, 3.05) is 0 Å². The van der Waals surface area contributed by atoms with Gasteiger partial charge in [-0.1, -0.05) is 55.1 Å². The lowest BCUT2D eigenvalue weighted by atomic mass is 10.1. The fraction of sp³-hybridized carbons (Fsp3) is 0. The van der Waals surface area contributed by atoms with Crippen molar-refractivity contribution < 1.29 is 9.59 Å². The minimum Gasteiger partial charge on any atom is -0.366 e. The van der Waals surface area contributed by atoms with Crippen LogP contribution in [0.15, 0.2) is 48.5 Å². The smallest absolute Gasteiger partial charge is 0.259 e. The van der Waals surface area contributed by atoms with Crippen molar-refractivity contribution in [3.63, 3.8) is 0 Å². The van der Waals surface area contributed by atoms with Crippen molar-refractivity contribution in [3.05, 3.63) is 54.1 Å². The number of rotatable bonds is 3. The first-order valence-electron chi connectivity index (χ1n) is 4.54. The van der Waals surface area contributed by atoms with E-state index in [1.807, 2.05) is 18.2 Å². The van der Waals surface area contributed by atoms with Crippen molar-refractivity contribution in [2.45, 2.75) is 0 Å². The maximum atomic E-state index is 10.6. The first-order valence-corrected chi connectivity index (χ1v) is 4.92. The zero-order valence-corrected chi connectivity index (χ0v) is 9.91. The van der Waals surface area contributed by atoms with E-state index in [-0.39, 0.29) is 5.03 Å². The zero-order chi connectivity index (χ0) is 13.4. The summed E-state index contributed by atoms with van der Waals surface area (Å²) in [5, 5.41) is -0.130. The second-order valence-electron chi connectivity index (χ2n) is 2.98. The number of primary amides is 2. The van der Waals surface area contributed by atoms with E-state index in [1.54, 1.807) is 12.1 Å². The molecule has 0 aliphatic heterocycles. The number of benzene rings is 1. The molecule has 0 bridgehead atoms. The maximum absolute atomic E-state index is 10.6. The molecule has 4 nitrogen and oxygen atoms in total. The van der Waals surface area contributed by atoms with Crippen LogP contribution >= 0.6 is 11.6 Å². The minimum atomic E-state index is -0.670. The Morgan fingerprint density at radius 3 is 1.71 bits per heavy atom. The molecule has 0 aliphatic carbocycles. The molecule has 0 saturated carbocycles. The van der Waals surface area contributed by atoms with Gasteiger partial charge in [0.2, 0.25) is 5.91 Å². The summed E-state index contributed by atoms with van der Waals surface area (Å²) in [6.45, 7) is 6.60. The molecule has 0 atom stereocenters. The summed E-state index contributed by atoms with van der Waals surface area (Å²) in [7, 11) is 0. The highest BCUT2D eigenvalue weighted by atomic mass is 35.5. The molecule has 0 fully saturated rings. The maximum Gasteiger partial charge on any atom is 0.259 e. The van der Waals surface area contributed by atoms with Gasteiger partial charge in [0.05, 0.1) is 5.03 Å². The summed E-state index contributed by atoms with van der Waals surface area (Å²) in [4.78, 5) is 20.3. The molecule has 1 aromatic rings. The third-order valence-corrected chi connectivity index (χ3v) is 1.87. The molecule has 90 valence electrons. The number of amides is 2. The average Bonchev–Trinajstić information content (AvgIpc) is 2.29. The first kappa shape index (κ1) is 14.9. The van der Waals surface area contributed by atoms with E-state index in [2.05, 4.69) is 18.9 Å². The largest absolute Gasteiger partial charge is 0.366 e. The van der Waals surface area contributed by atoms with E-state index in [0.29, 0.717) is 5.57 Å². The number of carbonyl (C=O) groups is 2. The Balaban J connectivity index is 0.000000366. The molecule has 5 heteroatoms. The molecule has 0 aliphatic rings. The van der Waals surface area contributed by atoms with Gasteiger partial charge in [-0.05, 0) is 5.56 Å². The van der Waals surface area contributed by atoms with Gasteiger partial charge in [0.15, 0.2) is 0 Å². The van der Waals surface area contributed by atoms with Gasteiger partial charge < -0.3 is 11.5 Å². The molecule has 2 amide bonds. The van der Waals surface area contributed by atoms with Gasteiger partial charge in [-0.15, -0.1) is 0 Å². The topological polar surface area (TPSA) is 86.2 Å². The van der Waals surface area contributed by atoms with E-state index in [1.165, 1.54) is 0 Å². The molecular weight excluding hydrogens is 240 g/mol. The lowest BCUT2D eigenvalue weighted by molar-refractivity contribution is -0.114. The predicted molar refractivity (Wildman–Crippen MR) is 68.9 cm³/mol. The normalized spacial score (nSPS) is 8.53. The lowest BCUT2D eigenvalue weighted by Crippen LogP contribution is -2.11. The van der Waals surface area contributed by atoms with Crippen LogP contribution in [0, 0.1) is 0 Å². The van der Waals surface area contributed by atoms with Gasteiger partial charge in [-0.3, -0.25) is 9.59 Å². The number of hydrogen-bond acceptors (Lipinski definition) is 2. The van der Waals surface area contributed by atoms with Gasteiger partial charge in [-0.2, -0.15) is 0 Å². The number of hydrogen-bond donors (Lipinski definition) is 2. The van der Waals surface area contributed by atoms with E-state index in [0.717, 1.165) is 5.56 Å². The Hall–Kier alpha value is -2.07. The monoisotopic (exact) mass is 252 g/mol. The third-order valence-electron chi connectivity index (χ3n) is 1.69. The van der Waals surface area contributed by atoms with Crippen LogP contribution in [0.4, 0.5) is 0 Å². The molecule has 1 aromatic carbocycles. The first-order chi connectivity index (χ1) is 7.86. The van der Waals surface area contributed by atoms with Gasteiger partial charge >= 0.3 is 0 Å². The third kappa shape index (κ3) is 6.17. The van der Waals surface area contributed by atoms with Crippen LogP contribution in [-0.4, -0.2) is 11.8 Å². The van der Waals surface area contributed by atoms with Crippen molar-refractivity contribution in [3.8, 4) is 0 Å². The highest BCUT2D eigenvalue weighted by Gasteiger charge is 2.02. The van der Waals surface area contributed by atoms with Crippen molar-refractivity contribution in [1.29, 1.82) is 0 Å². The Bertz CT molecular complexity index is 429. The SMILES string of the molecule is C=C(C(N)=O)c1ccccc1.C=C(Cl)C(N)=O. The van der Waals surface area contributed by atoms with Crippen LogP contribution < -0.4 is 11.5 Å². The summed E-state index contributed by atoms with van der Waals surface area (Å²) in [5.41, 5.74) is 10.7. The van der Waals surface area contributed by atoms with Crippen molar-refractivity contribution >= 4 is 29.0 Å². The quantitative estimate of drug-likeness (QED) is 0.797. The molecule has 0 aromatic heterocycles. The molecule has 1 rings (SSSR count). The van der Waals surface area contributed by atoms with E-state index in [9.17, 15) is 9.59 Å². The Labute approximate surface area is 105 Å². The molecule has 17 heavy (non-hydrogen) atoms. The van der Waals surface area contributed by atoms with E-state index < -0.39 is 11.8 Å². The van der Waals surface area contributed by atoms with E-state index in [4.69, 9.17) is 17.3 Å². The zero-order valence-electron chi connectivity index (χ0n) is 9.15. The number of nitrogens with two attached hydrogens (primary N) is 2. The fourth-order valence-electron chi connectivity index (χ4n) is 0.782. The van der Waals surface area contributed by atoms with Crippen LogP contribution in [0.1, 0.15) is 5.56 Å². The van der Waals surface area contributed by atoms with Gasteiger partial charge in [-0.25, -0.2) is 0 Å². The molecule has 0 radical (unpaired) electrons. The summed E-state index contributed by atoms with van der Waals surface area (Å²) in [6.07, 6.45) is 0. The number of carbonyl (C=O) groups excluding carboxylic acids is 2. The molecule has 0 unspecified atom stereocenters. The molecular formula is C12H13ClN2O2. The minimum absolute atomic E-state index is 0.130. The second-order valence-corrected chi connectivity index (χ2v) is 3.43. The van der Waals surface area contributed by atoms with Crippen LogP contribution in [-0.2, 0) is 9.59 Å². The average molecular weight is 253 g/mol. The van der Waals surface area contributed by atoms with Crippen molar-refractivity contribution in [2.24, 2.45) is 11.5 Å². The Kier molecular flexibility index (Phi) is 6.36. The van der Waals surface area contributed by atoms with Crippen LogP contribution in [0.25, 0.3) is 5.57 Å². The molecule has 0 heterocycles. The van der Waals surface area contributed by atoms with Crippen LogP contribution in [0.5, 0.6) is 0 Å². The van der Waals surface area contributed by atoms with Crippen LogP contribution in [0.3, 0.4) is 0 Å². The van der Waals surface area contributed by atoms with Crippen molar-refractivity contribution in [1.82, 2.24) is 0 Å². The van der Waals surface area contributed by atoms with Crippen LogP contribution in [0.2, 0.25) is 0 Å². The predicted octanol–water partition coefficient (Wildman–Crippen LogP) is 1.41.